The van der Waals surface area contributed by atoms with Gasteiger partial charge in [-0.15, -0.1) is 0 Å². The Bertz CT molecular complexity index is 318. The van der Waals surface area contributed by atoms with E-state index in [0.717, 1.165) is 29.2 Å². The van der Waals surface area contributed by atoms with E-state index in [-0.39, 0.29) is 0 Å². The number of hydrogen-bond donors (Lipinski definition) is 2. The Balaban J connectivity index is 2.68. The van der Waals surface area contributed by atoms with Crippen molar-refractivity contribution in [1.82, 2.24) is 4.98 Å². The highest BCUT2D eigenvalue weighted by atomic mass is 15.0. The standard InChI is InChI=1S/C10H15N3/c1-7(2)5-12-10-4-9(11)8(3)6-13-10/h4,6H,1,5H2,2-3H3,(H3,11,12,13). The first-order valence-electron chi connectivity index (χ1n) is 4.20. The summed E-state index contributed by atoms with van der Waals surface area (Å²) in [6, 6.07) is 1.83. The van der Waals surface area contributed by atoms with Gasteiger partial charge in [0.05, 0.1) is 0 Å². The van der Waals surface area contributed by atoms with Crippen LogP contribution in [0.2, 0.25) is 0 Å². The molecule has 0 saturated carbocycles. The van der Waals surface area contributed by atoms with Crippen LogP contribution in [-0.2, 0) is 0 Å². The molecule has 1 aromatic rings. The van der Waals surface area contributed by atoms with Crippen LogP contribution in [0.15, 0.2) is 24.4 Å². The topological polar surface area (TPSA) is 50.9 Å². The Morgan fingerprint density at radius 1 is 1.69 bits per heavy atom. The summed E-state index contributed by atoms with van der Waals surface area (Å²) >= 11 is 0. The second-order valence-electron chi connectivity index (χ2n) is 3.24. The van der Waals surface area contributed by atoms with Gasteiger partial charge in [0, 0.05) is 24.5 Å². The van der Waals surface area contributed by atoms with Crippen LogP contribution in [-0.4, -0.2) is 11.5 Å². The zero-order valence-electron chi connectivity index (χ0n) is 8.09. The minimum Gasteiger partial charge on any atom is -0.398 e. The van der Waals surface area contributed by atoms with Crippen molar-refractivity contribution < 1.29 is 0 Å². The molecule has 0 atom stereocenters. The minimum absolute atomic E-state index is 0.732. The highest BCUT2D eigenvalue weighted by molar-refractivity contribution is 5.53. The molecule has 0 aliphatic carbocycles. The molecule has 1 rings (SSSR count). The number of hydrogen-bond acceptors (Lipinski definition) is 3. The molecule has 0 aliphatic heterocycles. The molecule has 0 saturated heterocycles. The predicted molar refractivity (Wildman–Crippen MR) is 56.7 cm³/mol. The maximum absolute atomic E-state index is 5.72. The quantitative estimate of drug-likeness (QED) is 0.694. The van der Waals surface area contributed by atoms with Crippen LogP contribution in [0, 0.1) is 6.92 Å². The van der Waals surface area contributed by atoms with Crippen molar-refractivity contribution in [2.24, 2.45) is 0 Å². The van der Waals surface area contributed by atoms with E-state index in [0.29, 0.717) is 0 Å². The van der Waals surface area contributed by atoms with E-state index < -0.39 is 0 Å². The molecule has 0 amide bonds. The summed E-state index contributed by atoms with van der Waals surface area (Å²) in [7, 11) is 0. The molecule has 3 heteroatoms. The molecule has 0 bridgehead atoms. The minimum atomic E-state index is 0.732. The number of nitrogen functional groups attached to an aromatic ring is 1. The maximum Gasteiger partial charge on any atom is 0.128 e. The number of nitrogens with two attached hydrogens (primary N) is 1. The fraction of sp³-hybridized carbons (Fsp3) is 0.300. The van der Waals surface area contributed by atoms with Gasteiger partial charge in [-0.2, -0.15) is 0 Å². The second-order valence-corrected chi connectivity index (χ2v) is 3.24. The maximum atomic E-state index is 5.72. The summed E-state index contributed by atoms with van der Waals surface area (Å²) in [5.74, 6) is 0.797. The van der Waals surface area contributed by atoms with Crippen molar-refractivity contribution in [3.63, 3.8) is 0 Å². The van der Waals surface area contributed by atoms with E-state index >= 15 is 0 Å². The molecular weight excluding hydrogens is 162 g/mol. The zero-order valence-corrected chi connectivity index (χ0v) is 8.09. The summed E-state index contributed by atoms with van der Waals surface area (Å²) in [4.78, 5) is 4.18. The van der Waals surface area contributed by atoms with Crippen molar-refractivity contribution in [2.75, 3.05) is 17.6 Å². The molecule has 0 aliphatic rings. The Morgan fingerprint density at radius 3 is 2.92 bits per heavy atom. The summed E-state index contributed by atoms with van der Waals surface area (Å²) in [6.45, 7) is 8.42. The third-order valence-electron chi connectivity index (χ3n) is 1.72. The Kier molecular flexibility index (Phi) is 2.90. The van der Waals surface area contributed by atoms with E-state index in [1.165, 1.54) is 0 Å². The van der Waals surface area contributed by atoms with Crippen LogP contribution in [0.1, 0.15) is 12.5 Å². The molecule has 0 fully saturated rings. The van der Waals surface area contributed by atoms with Crippen molar-refractivity contribution in [1.29, 1.82) is 0 Å². The van der Waals surface area contributed by atoms with Crippen LogP contribution in [0.3, 0.4) is 0 Å². The normalized spacial score (nSPS) is 9.69. The van der Waals surface area contributed by atoms with Crippen molar-refractivity contribution >= 4 is 11.5 Å². The van der Waals surface area contributed by atoms with E-state index in [9.17, 15) is 0 Å². The fourth-order valence-electron chi connectivity index (χ4n) is 0.877. The molecule has 70 valence electrons. The number of aromatic nitrogens is 1. The average molecular weight is 177 g/mol. The molecule has 13 heavy (non-hydrogen) atoms. The summed E-state index contributed by atoms with van der Waals surface area (Å²) in [5, 5.41) is 3.12. The number of rotatable bonds is 3. The molecule has 0 radical (unpaired) electrons. The number of aryl methyl sites for hydroxylation is 1. The monoisotopic (exact) mass is 177 g/mol. The predicted octanol–water partition coefficient (Wildman–Crippen LogP) is 1.96. The SMILES string of the molecule is C=C(C)CNc1cc(N)c(C)cn1. The average Bonchev–Trinajstić information content (AvgIpc) is 2.07. The lowest BCUT2D eigenvalue weighted by molar-refractivity contribution is 1.16. The van der Waals surface area contributed by atoms with Crippen LogP contribution in [0.5, 0.6) is 0 Å². The Hall–Kier alpha value is -1.51. The summed E-state index contributed by atoms with van der Waals surface area (Å²) in [5.41, 5.74) is 8.56. The van der Waals surface area contributed by atoms with Gasteiger partial charge >= 0.3 is 0 Å². The van der Waals surface area contributed by atoms with Gasteiger partial charge in [-0.05, 0) is 19.4 Å². The number of anilines is 2. The van der Waals surface area contributed by atoms with Gasteiger partial charge in [0.2, 0.25) is 0 Å². The first-order chi connectivity index (χ1) is 6.09. The molecule has 1 heterocycles. The van der Waals surface area contributed by atoms with E-state index in [2.05, 4.69) is 16.9 Å². The lowest BCUT2D eigenvalue weighted by Crippen LogP contribution is -2.04. The van der Waals surface area contributed by atoms with Crippen LogP contribution >= 0.6 is 0 Å². The highest BCUT2D eigenvalue weighted by Crippen LogP contribution is 2.13. The molecule has 0 aromatic carbocycles. The Labute approximate surface area is 78.7 Å². The Morgan fingerprint density at radius 2 is 2.38 bits per heavy atom. The first kappa shape index (κ1) is 9.58. The number of pyridine rings is 1. The smallest absolute Gasteiger partial charge is 0.128 e. The van der Waals surface area contributed by atoms with Gasteiger partial charge in [0.25, 0.3) is 0 Å². The van der Waals surface area contributed by atoms with Crippen LogP contribution in [0.25, 0.3) is 0 Å². The largest absolute Gasteiger partial charge is 0.398 e. The molecule has 3 N–H and O–H groups in total. The fourth-order valence-corrected chi connectivity index (χ4v) is 0.877. The first-order valence-corrected chi connectivity index (χ1v) is 4.20. The van der Waals surface area contributed by atoms with Gasteiger partial charge in [-0.3, -0.25) is 0 Å². The molecule has 3 nitrogen and oxygen atoms in total. The second kappa shape index (κ2) is 3.94. The van der Waals surface area contributed by atoms with E-state index in [4.69, 9.17) is 5.73 Å². The molecule has 0 spiro atoms. The lowest BCUT2D eigenvalue weighted by atomic mass is 10.2. The van der Waals surface area contributed by atoms with Gasteiger partial charge in [-0.1, -0.05) is 12.2 Å². The van der Waals surface area contributed by atoms with Crippen molar-refractivity contribution in [3.05, 3.63) is 30.0 Å². The summed E-state index contributed by atoms with van der Waals surface area (Å²) in [6.07, 6.45) is 1.76. The van der Waals surface area contributed by atoms with Gasteiger partial charge in [0.1, 0.15) is 5.82 Å². The van der Waals surface area contributed by atoms with Crippen LogP contribution in [0.4, 0.5) is 11.5 Å². The molecular formula is C10H15N3. The lowest BCUT2D eigenvalue weighted by Gasteiger charge is -2.06. The summed E-state index contributed by atoms with van der Waals surface area (Å²) < 4.78 is 0. The van der Waals surface area contributed by atoms with Gasteiger partial charge in [0.15, 0.2) is 0 Å². The van der Waals surface area contributed by atoms with Gasteiger partial charge in [-0.25, -0.2) is 4.98 Å². The van der Waals surface area contributed by atoms with Crippen molar-refractivity contribution in [3.8, 4) is 0 Å². The number of nitrogens with zero attached hydrogens (tertiary/aromatic N) is 1. The van der Waals surface area contributed by atoms with Crippen molar-refractivity contribution in [2.45, 2.75) is 13.8 Å². The van der Waals surface area contributed by atoms with E-state index in [1.54, 1.807) is 6.20 Å². The highest BCUT2D eigenvalue weighted by Gasteiger charge is 1.96. The zero-order chi connectivity index (χ0) is 9.84. The van der Waals surface area contributed by atoms with E-state index in [1.807, 2.05) is 19.9 Å². The molecule has 1 aromatic heterocycles. The number of nitrogens with one attached hydrogen (secondary N) is 1. The van der Waals surface area contributed by atoms with Gasteiger partial charge < -0.3 is 11.1 Å². The third kappa shape index (κ3) is 2.78. The third-order valence-corrected chi connectivity index (χ3v) is 1.72. The molecule has 0 unspecified atom stereocenters. The van der Waals surface area contributed by atoms with Crippen LogP contribution < -0.4 is 11.1 Å².